The van der Waals surface area contributed by atoms with E-state index in [0.717, 1.165) is 17.7 Å². The molecule has 0 aliphatic rings. The molecule has 0 saturated heterocycles. The molecule has 1 nitrogen and oxygen atoms in total. The summed E-state index contributed by atoms with van der Waals surface area (Å²) in [6, 6.07) is 8.08. The molecule has 0 atom stereocenters. The van der Waals surface area contributed by atoms with Gasteiger partial charge in [-0.3, -0.25) is 0 Å². The van der Waals surface area contributed by atoms with Crippen LogP contribution in [0.5, 0.6) is 5.75 Å². The molecule has 1 aromatic rings. The minimum absolute atomic E-state index is 0.728. The second kappa shape index (κ2) is 4.39. The predicted octanol–water partition coefficient (Wildman–Crippen LogP) is 2.98. The average Bonchev–Trinajstić information content (AvgIpc) is 2.06. The van der Waals surface area contributed by atoms with Crippen LogP contribution in [-0.4, -0.2) is 6.61 Å². The van der Waals surface area contributed by atoms with Crippen LogP contribution in [0, 0.1) is 0 Å². The van der Waals surface area contributed by atoms with E-state index in [9.17, 15) is 0 Å². The smallest absolute Gasteiger partial charge is 0.119 e. The first-order valence-corrected chi connectivity index (χ1v) is 4.76. The van der Waals surface area contributed by atoms with Crippen LogP contribution in [0.15, 0.2) is 24.3 Å². The minimum atomic E-state index is 0.728. The monoisotopic (exact) mass is 214 g/mol. The Morgan fingerprint density at radius 3 is 2.91 bits per heavy atom. The number of rotatable bonds is 3. The van der Waals surface area contributed by atoms with E-state index in [0.29, 0.717) is 0 Å². The van der Waals surface area contributed by atoms with Crippen LogP contribution >= 0.6 is 15.9 Å². The fraction of sp³-hybridized carbons (Fsp3) is 0.333. The minimum Gasteiger partial charge on any atom is -0.494 e. The Kier molecular flexibility index (Phi) is 3.43. The highest BCUT2D eigenvalue weighted by Gasteiger charge is 1.92. The first kappa shape index (κ1) is 8.60. The second-order valence-electron chi connectivity index (χ2n) is 2.21. The molecule has 0 bridgehead atoms. The van der Waals surface area contributed by atoms with Crippen molar-refractivity contribution in [3.05, 3.63) is 29.8 Å². The molecule has 0 saturated carbocycles. The van der Waals surface area contributed by atoms with E-state index >= 15 is 0 Å². The van der Waals surface area contributed by atoms with Gasteiger partial charge in [-0.1, -0.05) is 28.1 Å². The van der Waals surface area contributed by atoms with E-state index in [2.05, 4.69) is 22.0 Å². The summed E-state index contributed by atoms with van der Waals surface area (Å²) in [7, 11) is 0. The molecule has 0 fully saturated rings. The van der Waals surface area contributed by atoms with Crippen LogP contribution in [-0.2, 0) is 5.33 Å². The molecule has 0 N–H and O–H groups in total. The van der Waals surface area contributed by atoms with Gasteiger partial charge in [0.25, 0.3) is 0 Å². The zero-order chi connectivity index (χ0) is 8.10. The predicted molar refractivity (Wildman–Crippen MR) is 50.2 cm³/mol. The van der Waals surface area contributed by atoms with Gasteiger partial charge in [0.05, 0.1) is 6.61 Å². The Hall–Kier alpha value is -0.500. The third kappa shape index (κ3) is 2.54. The molecular formula is C9H11BrO. The standard InChI is InChI=1S/C9H11BrO/c1-2-11-9-5-3-4-8(6-9)7-10/h3-6H,2,7H2,1H3. The Morgan fingerprint density at radius 2 is 2.27 bits per heavy atom. The van der Waals surface area contributed by atoms with Crippen molar-refractivity contribution in [2.24, 2.45) is 0 Å². The molecule has 0 aliphatic heterocycles. The SMILES string of the molecule is CCOc1cccc(CBr)c1. The van der Waals surface area contributed by atoms with Gasteiger partial charge in [0.15, 0.2) is 0 Å². The highest BCUT2D eigenvalue weighted by molar-refractivity contribution is 9.08. The lowest BCUT2D eigenvalue weighted by Crippen LogP contribution is -1.91. The number of hydrogen-bond donors (Lipinski definition) is 0. The molecule has 0 unspecified atom stereocenters. The van der Waals surface area contributed by atoms with Crippen molar-refractivity contribution in [2.75, 3.05) is 6.61 Å². The van der Waals surface area contributed by atoms with Crippen molar-refractivity contribution in [1.82, 2.24) is 0 Å². The third-order valence-electron chi connectivity index (χ3n) is 1.36. The highest BCUT2D eigenvalue weighted by Crippen LogP contribution is 2.14. The van der Waals surface area contributed by atoms with Gasteiger partial charge < -0.3 is 4.74 Å². The van der Waals surface area contributed by atoms with Crippen LogP contribution in [0.3, 0.4) is 0 Å². The van der Waals surface area contributed by atoms with Crippen molar-refractivity contribution in [1.29, 1.82) is 0 Å². The Balaban J connectivity index is 2.74. The van der Waals surface area contributed by atoms with Crippen LogP contribution in [0.25, 0.3) is 0 Å². The van der Waals surface area contributed by atoms with Crippen LogP contribution < -0.4 is 4.74 Å². The molecule has 0 aromatic heterocycles. The van der Waals surface area contributed by atoms with E-state index in [-0.39, 0.29) is 0 Å². The first-order chi connectivity index (χ1) is 5.36. The molecule has 0 heterocycles. The maximum Gasteiger partial charge on any atom is 0.119 e. The van der Waals surface area contributed by atoms with Gasteiger partial charge in [0.1, 0.15) is 5.75 Å². The number of ether oxygens (including phenoxy) is 1. The maximum absolute atomic E-state index is 5.33. The molecule has 0 radical (unpaired) electrons. The first-order valence-electron chi connectivity index (χ1n) is 3.64. The lowest BCUT2D eigenvalue weighted by molar-refractivity contribution is 0.340. The summed E-state index contributed by atoms with van der Waals surface area (Å²) in [6.07, 6.45) is 0. The lowest BCUT2D eigenvalue weighted by atomic mass is 10.2. The summed E-state index contributed by atoms with van der Waals surface area (Å²) in [4.78, 5) is 0. The Bertz CT molecular complexity index is 223. The second-order valence-corrected chi connectivity index (χ2v) is 2.77. The van der Waals surface area contributed by atoms with Crippen LogP contribution in [0.2, 0.25) is 0 Å². The normalized spacial score (nSPS) is 9.64. The van der Waals surface area contributed by atoms with E-state index in [4.69, 9.17) is 4.74 Å². The Labute approximate surface area is 75.5 Å². The summed E-state index contributed by atoms with van der Waals surface area (Å²) in [6.45, 7) is 2.71. The Morgan fingerprint density at radius 1 is 1.45 bits per heavy atom. The van der Waals surface area contributed by atoms with Crippen molar-refractivity contribution in [3.63, 3.8) is 0 Å². The fourth-order valence-corrected chi connectivity index (χ4v) is 1.23. The molecule has 0 amide bonds. The van der Waals surface area contributed by atoms with Gasteiger partial charge in [-0.25, -0.2) is 0 Å². The van der Waals surface area contributed by atoms with Gasteiger partial charge in [0, 0.05) is 5.33 Å². The molecule has 1 rings (SSSR count). The van der Waals surface area contributed by atoms with Crippen molar-refractivity contribution in [3.8, 4) is 5.75 Å². The zero-order valence-corrected chi connectivity index (χ0v) is 8.10. The number of hydrogen-bond acceptors (Lipinski definition) is 1. The van der Waals surface area contributed by atoms with Gasteiger partial charge in [-0.2, -0.15) is 0 Å². The fourth-order valence-electron chi connectivity index (χ4n) is 0.885. The summed E-state index contributed by atoms with van der Waals surface area (Å²) >= 11 is 3.39. The molecule has 60 valence electrons. The molecule has 1 aromatic carbocycles. The van der Waals surface area contributed by atoms with Crippen LogP contribution in [0.4, 0.5) is 0 Å². The summed E-state index contributed by atoms with van der Waals surface area (Å²) in [5.41, 5.74) is 1.25. The van der Waals surface area contributed by atoms with E-state index in [1.165, 1.54) is 5.56 Å². The van der Waals surface area contributed by atoms with Gasteiger partial charge in [-0.05, 0) is 24.6 Å². The van der Waals surface area contributed by atoms with E-state index in [1.807, 2.05) is 25.1 Å². The lowest BCUT2D eigenvalue weighted by Gasteiger charge is -2.03. The number of halogens is 1. The maximum atomic E-state index is 5.33. The van der Waals surface area contributed by atoms with E-state index < -0.39 is 0 Å². The van der Waals surface area contributed by atoms with Crippen molar-refractivity contribution < 1.29 is 4.74 Å². The average molecular weight is 215 g/mol. The largest absolute Gasteiger partial charge is 0.494 e. The number of alkyl halides is 1. The number of benzene rings is 1. The molecule has 11 heavy (non-hydrogen) atoms. The molecule has 0 spiro atoms. The summed E-state index contributed by atoms with van der Waals surface area (Å²) < 4.78 is 5.33. The van der Waals surface area contributed by atoms with Crippen LogP contribution in [0.1, 0.15) is 12.5 Å². The third-order valence-corrected chi connectivity index (χ3v) is 2.01. The zero-order valence-electron chi connectivity index (χ0n) is 6.51. The molecule has 0 aliphatic carbocycles. The molecular weight excluding hydrogens is 204 g/mol. The van der Waals surface area contributed by atoms with Gasteiger partial charge in [0.2, 0.25) is 0 Å². The van der Waals surface area contributed by atoms with Crippen molar-refractivity contribution in [2.45, 2.75) is 12.3 Å². The van der Waals surface area contributed by atoms with Gasteiger partial charge >= 0.3 is 0 Å². The molecule has 2 heteroatoms. The van der Waals surface area contributed by atoms with Gasteiger partial charge in [-0.15, -0.1) is 0 Å². The highest BCUT2D eigenvalue weighted by atomic mass is 79.9. The topological polar surface area (TPSA) is 9.23 Å². The summed E-state index contributed by atoms with van der Waals surface area (Å²) in [5, 5.41) is 0.883. The van der Waals surface area contributed by atoms with Crippen molar-refractivity contribution >= 4 is 15.9 Å². The van der Waals surface area contributed by atoms with E-state index in [1.54, 1.807) is 0 Å². The summed E-state index contributed by atoms with van der Waals surface area (Å²) in [5.74, 6) is 0.949. The quantitative estimate of drug-likeness (QED) is 0.704.